The highest BCUT2D eigenvalue weighted by Crippen LogP contribution is 2.56. The minimum atomic E-state index is 0.0284. The van der Waals surface area contributed by atoms with Crippen molar-refractivity contribution in [3.05, 3.63) is 30.4 Å². The largest absolute Gasteiger partial charge is 0.462 e. The minimum absolute atomic E-state index is 0.0284. The Morgan fingerprint density at radius 2 is 2.40 bits per heavy atom. The van der Waals surface area contributed by atoms with Crippen LogP contribution in [0.5, 0.6) is 0 Å². The van der Waals surface area contributed by atoms with Gasteiger partial charge in [0, 0.05) is 24.2 Å². The van der Waals surface area contributed by atoms with Gasteiger partial charge in [0.1, 0.15) is 12.0 Å². The van der Waals surface area contributed by atoms with Crippen LogP contribution < -0.4 is 5.32 Å². The summed E-state index contributed by atoms with van der Waals surface area (Å²) in [5.41, 5.74) is 2.85. The predicted octanol–water partition coefficient (Wildman–Crippen LogP) is 1.83. The summed E-state index contributed by atoms with van der Waals surface area (Å²) in [6.07, 6.45) is 10.4. The Labute approximate surface area is 149 Å². The second-order valence-corrected chi connectivity index (χ2v) is 8.54. The van der Waals surface area contributed by atoms with Crippen molar-refractivity contribution in [2.24, 2.45) is 23.2 Å². The van der Waals surface area contributed by atoms with Gasteiger partial charge in [-0.25, -0.2) is 4.98 Å². The Morgan fingerprint density at radius 3 is 3.20 bits per heavy atom. The Morgan fingerprint density at radius 1 is 1.52 bits per heavy atom. The van der Waals surface area contributed by atoms with Gasteiger partial charge < -0.3 is 15.0 Å². The van der Waals surface area contributed by atoms with Crippen LogP contribution in [-0.2, 0) is 16.0 Å². The zero-order chi connectivity index (χ0) is 17.4. The van der Waals surface area contributed by atoms with E-state index < -0.39 is 0 Å². The number of aromatic amines is 1. The molecule has 136 valence electrons. The highest BCUT2D eigenvalue weighted by Gasteiger charge is 2.55. The number of imidazole rings is 1. The molecule has 5 nitrogen and oxygen atoms in total. The van der Waals surface area contributed by atoms with Crippen LogP contribution in [0.4, 0.5) is 0 Å². The van der Waals surface area contributed by atoms with Gasteiger partial charge in [-0.2, -0.15) is 0 Å². The molecule has 2 saturated carbocycles. The van der Waals surface area contributed by atoms with Crippen LogP contribution in [-0.4, -0.2) is 35.1 Å². The first-order chi connectivity index (χ1) is 12.1. The molecular weight excluding hydrogens is 314 g/mol. The Kier molecular flexibility index (Phi) is 4.44. The lowest BCUT2D eigenvalue weighted by molar-refractivity contribution is -0.658. The lowest BCUT2D eigenvalue weighted by atomic mass is 9.55. The summed E-state index contributed by atoms with van der Waals surface area (Å²) in [5.74, 6) is 1.03. The highest BCUT2D eigenvalue weighted by molar-refractivity contribution is 5.75. The molecule has 0 unspecified atom stereocenters. The van der Waals surface area contributed by atoms with Crippen molar-refractivity contribution in [2.75, 3.05) is 13.1 Å². The maximum atomic E-state index is 12.5. The van der Waals surface area contributed by atoms with Crippen molar-refractivity contribution < 1.29 is 14.8 Å². The standard InChI is InChI=1S/C20H29N3O2/c1-13-4-3-6-20(2)9-18-15(8-17(13)20)16(19(24)25-18)11-21-7-5-14-10-22-12-23-14/h10,12,15-18,21H,1,3-9,11H2,2H3,(H,22,23)/p+1/t15-,16-,17+,18-,20-/m1/s1. The van der Waals surface area contributed by atoms with E-state index in [0.29, 0.717) is 11.8 Å². The van der Waals surface area contributed by atoms with Crippen LogP contribution in [0.3, 0.4) is 0 Å². The molecule has 0 radical (unpaired) electrons. The maximum absolute atomic E-state index is 12.5. The van der Waals surface area contributed by atoms with Crippen LogP contribution in [0.1, 0.15) is 44.7 Å². The first kappa shape index (κ1) is 16.8. The summed E-state index contributed by atoms with van der Waals surface area (Å²) in [6, 6.07) is 0. The Hall–Kier alpha value is -1.62. The van der Waals surface area contributed by atoms with E-state index in [-0.39, 0.29) is 23.4 Å². The van der Waals surface area contributed by atoms with Crippen LogP contribution in [0.2, 0.25) is 0 Å². The number of carbonyl (C=O) groups excluding carboxylic acids is 1. The average molecular weight is 344 g/mol. The van der Waals surface area contributed by atoms with Gasteiger partial charge in [0.15, 0.2) is 0 Å². The molecule has 2 aliphatic carbocycles. The van der Waals surface area contributed by atoms with Gasteiger partial charge in [-0.15, -0.1) is 0 Å². The van der Waals surface area contributed by atoms with E-state index >= 15 is 0 Å². The van der Waals surface area contributed by atoms with Crippen LogP contribution >= 0.6 is 0 Å². The Balaban J connectivity index is 1.37. The molecule has 0 amide bonds. The molecule has 0 bridgehead atoms. The van der Waals surface area contributed by atoms with Gasteiger partial charge >= 0.3 is 5.97 Å². The molecule has 5 atom stereocenters. The predicted molar refractivity (Wildman–Crippen MR) is 94.6 cm³/mol. The molecule has 3 aliphatic rings. The smallest absolute Gasteiger partial charge is 0.315 e. The zero-order valence-electron chi connectivity index (χ0n) is 15.2. The van der Waals surface area contributed by atoms with Crippen LogP contribution in [0.25, 0.3) is 0 Å². The number of nitrogens with one attached hydrogen (secondary N) is 1. The number of H-pyrrole nitrogens is 1. The van der Waals surface area contributed by atoms with Gasteiger partial charge in [-0.1, -0.05) is 19.1 Å². The van der Waals surface area contributed by atoms with Gasteiger partial charge in [0.05, 0.1) is 19.4 Å². The number of carbonyl (C=O) groups is 1. The van der Waals surface area contributed by atoms with E-state index in [1.807, 2.05) is 6.20 Å². The normalized spacial score (nSPS) is 37.5. The zero-order valence-corrected chi connectivity index (χ0v) is 15.2. The monoisotopic (exact) mass is 344 g/mol. The number of nitrogens with zero attached hydrogens (tertiary/aromatic N) is 1. The fourth-order valence-electron chi connectivity index (χ4n) is 5.50. The second kappa shape index (κ2) is 6.60. The van der Waals surface area contributed by atoms with Crippen molar-refractivity contribution in [2.45, 2.75) is 51.6 Å². The van der Waals surface area contributed by atoms with Gasteiger partial charge in [0.25, 0.3) is 0 Å². The summed E-state index contributed by atoms with van der Waals surface area (Å²) < 4.78 is 5.83. The van der Waals surface area contributed by atoms with E-state index in [4.69, 9.17) is 4.74 Å². The second-order valence-electron chi connectivity index (χ2n) is 8.54. The molecule has 1 saturated heterocycles. The molecule has 1 aromatic rings. The number of hydrogen-bond donors (Lipinski definition) is 2. The molecule has 5 heteroatoms. The summed E-state index contributed by atoms with van der Waals surface area (Å²) in [5, 5.41) is 2.26. The molecule has 3 N–H and O–H groups in total. The number of esters is 1. The molecule has 25 heavy (non-hydrogen) atoms. The Bertz CT molecular complexity index is 641. The van der Waals surface area contributed by atoms with Gasteiger partial charge in [0.2, 0.25) is 0 Å². The van der Waals surface area contributed by atoms with Crippen LogP contribution in [0.15, 0.2) is 24.7 Å². The summed E-state index contributed by atoms with van der Waals surface area (Å²) >= 11 is 0. The number of fused-ring (bicyclic) bond motifs is 2. The first-order valence-corrected chi connectivity index (χ1v) is 9.74. The average Bonchev–Trinajstić information content (AvgIpc) is 3.17. The number of aromatic nitrogens is 2. The van der Waals surface area contributed by atoms with E-state index in [1.165, 1.54) is 18.4 Å². The summed E-state index contributed by atoms with van der Waals surface area (Å²) in [4.78, 5) is 19.6. The first-order valence-electron chi connectivity index (χ1n) is 9.74. The molecule has 2 heterocycles. The van der Waals surface area contributed by atoms with Gasteiger partial charge in [-0.05, 0) is 43.4 Å². The lowest BCUT2D eigenvalue weighted by Crippen LogP contribution is -2.86. The number of ether oxygens (including phenoxy) is 1. The van der Waals surface area contributed by atoms with Crippen molar-refractivity contribution in [3.8, 4) is 0 Å². The maximum Gasteiger partial charge on any atom is 0.315 e. The molecule has 0 aromatic carbocycles. The number of allylic oxidation sites excluding steroid dienone is 1. The van der Waals surface area contributed by atoms with Crippen molar-refractivity contribution in [1.29, 1.82) is 0 Å². The third-order valence-electron chi connectivity index (χ3n) is 6.91. The number of quaternary nitrogens is 1. The minimum Gasteiger partial charge on any atom is -0.462 e. The summed E-state index contributed by atoms with van der Waals surface area (Å²) in [6.45, 7) is 8.55. The fraction of sp³-hybridized carbons (Fsp3) is 0.700. The molecule has 1 aromatic heterocycles. The van der Waals surface area contributed by atoms with Gasteiger partial charge in [-0.3, -0.25) is 4.79 Å². The molecule has 0 spiro atoms. The molecule has 3 fully saturated rings. The number of nitrogens with two attached hydrogens (primary N) is 1. The quantitative estimate of drug-likeness (QED) is 0.486. The van der Waals surface area contributed by atoms with E-state index in [2.05, 4.69) is 28.8 Å². The molecule has 1 aliphatic heterocycles. The molecular formula is C20H30N3O2+. The van der Waals surface area contributed by atoms with E-state index in [0.717, 1.165) is 44.5 Å². The third kappa shape index (κ3) is 3.14. The number of rotatable bonds is 5. The summed E-state index contributed by atoms with van der Waals surface area (Å²) in [7, 11) is 0. The number of hydrogen-bond acceptors (Lipinski definition) is 3. The fourth-order valence-corrected chi connectivity index (χ4v) is 5.50. The van der Waals surface area contributed by atoms with E-state index in [9.17, 15) is 4.79 Å². The van der Waals surface area contributed by atoms with E-state index in [1.54, 1.807) is 6.33 Å². The topological polar surface area (TPSA) is 71.6 Å². The van der Waals surface area contributed by atoms with Crippen molar-refractivity contribution in [1.82, 2.24) is 9.97 Å². The molecule has 4 rings (SSSR count). The third-order valence-corrected chi connectivity index (χ3v) is 6.91. The SMILES string of the molecule is C=C1CCC[C@]2(C)C[C@H]3OC(=O)[C@H](C[NH2+]CCc4cnc[nH]4)[C@H]3C[C@@H]12. The van der Waals surface area contributed by atoms with Crippen molar-refractivity contribution in [3.63, 3.8) is 0 Å². The van der Waals surface area contributed by atoms with Crippen molar-refractivity contribution >= 4 is 5.97 Å². The van der Waals surface area contributed by atoms with Crippen LogP contribution in [0, 0.1) is 23.2 Å². The highest BCUT2D eigenvalue weighted by atomic mass is 16.6. The lowest BCUT2D eigenvalue weighted by Gasteiger charge is -2.49.